The van der Waals surface area contributed by atoms with Crippen LogP contribution in [-0.4, -0.2) is 65.5 Å². The van der Waals surface area contributed by atoms with Crippen molar-refractivity contribution in [3.63, 3.8) is 0 Å². The van der Waals surface area contributed by atoms with Crippen molar-refractivity contribution in [2.75, 3.05) is 32.8 Å². The van der Waals surface area contributed by atoms with Crippen molar-refractivity contribution in [1.82, 2.24) is 14.8 Å². The van der Waals surface area contributed by atoms with Crippen molar-refractivity contribution in [1.29, 1.82) is 0 Å². The zero-order valence-corrected chi connectivity index (χ0v) is 18.0. The van der Waals surface area contributed by atoms with E-state index in [-0.39, 0.29) is 24.8 Å². The van der Waals surface area contributed by atoms with Gasteiger partial charge in [-0.1, -0.05) is 12.1 Å². The van der Waals surface area contributed by atoms with Crippen molar-refractivity contribution in [2.24, 2.45) is 5.73 Å². The molecule has 11 heteroatoms. The fraction of sp³-hybridized carbons (Fsp3) is 0.476. The number of nitrogens with zero attached hydrogens (tertiary/aromatic N) is 3. The fourth-order valence-electron chi connectivity index (χ4n) is 3.78. The van der Waals surface area contributed by atoms with Gasteiger partial charge >= 0.3 is 6.18 Å². The molecule has 1 atom stereocenters. The zero-order chi connectivity index (χ0) is 22.9. The number of hydrogen-bond donors (Lipinski definition) is 1. The predicted octanol–water partition coefficient (Wildman–Crippen LogP) is 2.29. The molecule has 0 bridgehead atoms. The second-order valence-corrected chi connectivity index (χ2v) is 8.97. The first-order valence-electron chi connectivity index (χ1n) is 10.3. The van der Waals surface area contributed by atoms with E-state index in [2.05, 4.69) is 4.98 Å². The monoisotopic (exact) mass is 468 g/mol. The number of rotatable bonds is 5. The van der Waals surface area contributed by atoms with E-state index >= 15 is 0 Å². The van der Waals surface area contributed by atoms with Crippen LogP contribution in [0.25, 0.3) is 10.6 Å². The Morgan fingerprint density at radius 2 is 2.00 bits per heavy atom. The summed E-state index contributed by atoms with van der Waals surface area (Å²) < 4.78 is 43.4. The Bertz CT molecular complexity index is 993. The number of aromatic nitrogens is 1. The van der Waals surface area contributed by atoms with Crippen LogP contribution in [0.4, 0.5) is 13.2 Å². The predicted molar refractivity (Wildman–Crippen MR) is 112 cm³/mol. The summed E-state index contributed by atoms with van der Waals surface area (Å²) in [6.45, 7) is 2.16. The van der Waals surface area contributed by atoms with Crippen LogP contribution >= 0.6 is 11.3 Å². The van der Waals surface area contributed by atoms with Gasteiger partial charge in [-0.3, -0.25) is 9.59 Å². The minimum atomic E-state index is -4.38. The highest BCUT2D eigenvalue weighted by Crippen LogP contribution is 2.34. The van der Waals surface area contributed by atoms with Crippen LogP contribution in [0.3, 0.4) is 0 Å². The standard InChI is InChI=1S/C21H23F3N4O3S/c22-21(23,24)14-3-1-13(2-4-14)20-26-16-11-27(6-5-17(16)32-20)18(29)9-15(25)10-28-7-8-31-12-19(28)30/h1-4,15H,5-12,25H2/t15-/m0/s1. The number of halogens is 3. The van der Waals surface area contributed by atoms with Gasteiger partial charge in [-0.15, -0.1) is 11.3 Å². The Balaban J connectivity index is 1.37. The maximum absolute atomic E-state index is 12.8. The lowest BCUT2D eigenvalue weighted by atomic mass is 10.1. The molecule has 0 unspecified atom stereocenters. The van der Waals surface area contributed by atoms with Crippen molar-refractivity contribution in [3.05, 3.63) is 40.4 Å². The van der Waals surface area contributed by atoms with E-state index in [0.717, 1.165) is 22.7 Å². The largest absolute Gasteiger partial charge is 0.416 e. The lowest BCUT2D eigenvalue weighted by molar-refractivity contribution is -0.143. The Morgan fingerprint density at radius 3 is 2.69 bits per heavy atom. The third-order valence-electron chi connectivity index (χ3n) is 5.52. The van der Waals surface area contributed by atoms with E-state index in [0.29, 0.717) is 49.8 Å². The van der Waals surface area contributed by atoms with Gasteiger partial charge in [-0.2, -0.15) is 13.2 Å². The average Bonchev–Trinajstić information content (AvgIpc) is 3.18. The maximum Gasteiger partial charge on any atom is 0.416 e. The number of fused-ring (bicyclic) bond motifs is 1. The van der Waals surface area contributed by atoms with Gasteiger partial charge in [0.25, 0.3) is 0 Å². The summed E-state index contributed by atoms with van der Waals surface area (Å²) in [6.07, 6.45) is -3.62. The number of hydrogen-bond acceptors (Lipinski definition) is 6. The molecule has 1 aromatic carbocycles. The Hall–Kier alpha value is -2.50. The van der Waals surface area contributed by atoms with Crippen LogP contribution < -0.4 is 5.73 Å². The van der Waals surface area contributed by atoms with Crippen LogP contribution in [0.1, 0.15) is 22.6 Å². The first-order valence-corrected chi connectivity index (χ1v) is 11.1. The number of amides is 2. The lowest BCUT2D eigenvalue weighted by Crippen LogP contribution is -2.49. The number of thiazole rings is 1. The molecular weight excluding hydrogens is 445 g/mol. The van der Waals surface area contributed by atoms with E-state index in [4.69, 9.17) is 10.5 Å². The molecule has 1 saturated heterocycles. The molecule has 1 aromatic heterocycles. The van der Waals surface area contributed by atoms with E-state index in [1.54, 1.807) is 9.80 Å². The van der Waals surface area contributed by atoms with Gasteiger partial charge in [-0.25, -0.2) is 4.98 Å². The molecule has 32 heavy (non-hydrogen) atoms. The molecule has 2 aromatic rings. The number of alkyl halides is 3. The molecule has 0 saturated carbocycles. The number of benzene rings is 1. The van der Waals surface area contributed by atoms with Crippen LogP contribution in [0.2, 0.25) is 0 Å². The molecule has 0 radical (unpaired) electrons. The number of nitrogens with two attached hydrogens (primary N) is 1. The fourth-order valence-corrected chi connectivity index (χ4v) is 4.85. The second-order valence-electron chi connectivity index (χ2n) is 7.89. The molecule has 172 valence electrons. The van der Waals surface area contributed by atoms with Gasteiger partial charge in [0.15, 0.2) is 0 Å². The quantitative estimate of drug-likeness (QED) is 0.728. The van der Waals surface area contributed by atoms with Gasteiger partial charge in [0, 0.05) is 49.0 Å². The number of carbonyl (C=O) groups is 2. The highest BCUT2D eigenvalue weighted by molar-refractivity contribution is 7.15. The van der Waals surface area contributed by atoms with Crippen LogP contribution in [0, 0.1) is 0 Å². The molecule has 3 heterocycles. The van der Waals surface area contributed by atoms with Crippen molar-refractivity contribution in [3.8, 4) is 10.6 Å². The van der Waals surface area contributed by atoms with Gasteiger partial charge in [0.1, 0.15) is 11.6 Å². The Morgan fingerprint density at radius 1 is 1.25 bits per heavy atom. The minimum Gasteiger partial charge on any atom is -0.370 e. The molecule has 2 aliphatic rings. The van der Waals surface area contributed by atoms with E-state index in [1.807, 2.05) is 0 Å². The van der Waals surface area contributed by atoms with Gasteiger partial charge in [0.05, 0.1) is 24.4 Å². The molecular formula is C21H23F3N4O3S. The summed E-state index contributed by atoms with van der Waals surface area (Å²) in [4.78, 5) is 33.5. The first kappa shape index (κ1) is 22.7. The topological polar surface area (TPSA) is 88.8 Å². The molecule has 4 rings (SSSR count). The third-order valence-corrected chi connectivity index (χ3v) is 6.72. The molecule has 1 fully saturated rings. The highest BCUT2D eigenvalue weighted by Gasteiger charge is 2.31. The molecule has 0 aliphatic carbocycles. The summed E-state index contributed by atoms with van der Waals surface area (Å²) in [7, 11) is 0. The SMILES string of the molecule is N[C@@H](CC(=O)N1CCc2sc(-c3ccc(C(F)(F)F)cc3)nc2C1)CN1CCOCC1=O. The minimum absolute atomic E-state index is 0.0423. The number of carbonyl (C=O) groups excluding carboxylic acids is 2. The number of ether oxygens (including phenoxy) is 1. The van der Waals surface area contributed by atoms with Crippen molar-refractivity contribution >= 4 is 23.2 Å². The Labute approximate surface area is 187 Å². The van der Waals surface area contributed by atoms with Crippen LogP contribution in [-0.2, 0) is 33.5 Å². The van der Waals surface area contributed by atoms with E-state index in [9.17, 15) is 22.8 Å². The highest BCUT2D eigenvalue weighted by atomic mass is 32.1. The number of morpholine rings is 1. The van der Waals surface area contributed by atoms with Gasteiger partial charge < -0.3 is 20.3 Å². The molecule has 2 aliphatic heterocycles. The molecule has 7 nitrogen and oxygen atoms in total. The lowest BCUT2D eigenvalue weighted by Gasteiger charge is -2.31. The van der Waals surface area contributed by atoms with Crippen LogP contribution in [0.5, 0.6) is 0 Å². The molecule has 2 amide bonds. The first-order chi connectivity index (χ1) is 15.2. The zero-order valence-electron chi connectivity index (χ0n) is 17.2. The van der Waals surface area contributed by atoms with E-state index in [1.165, 1.54) is 23.5 Å². The molecule has 2 N–H and O–H groups in total. The Kier molecular flexibility index (Phi) is 6.50. The van der Waals surface area contributed by atoms with E-state index < -0.39 is 17.8 Å². The van der Waals surface area contributed by atoms with Crippen LogP contribution in [0.15, 0.2) is 24.3 Å². The maximum atomic E-state index is 12.8. The second kappa shape index (κ2) is 9.16. The smallest absolute Gasteiger partial charge is 0.370 e. The third kappa shape index (κ3) is 5.11. The normalized spacial score (nSPS) is 17.9. The van der Waals surface area contributed by atoms with Crippen molar-refractivity contribution < 1.29 is 27.5 Å². The average molecular weight is 469 g/mol. The van der Waals surface area contributed by atoms with Crippen molar-refractivity contribution in [2.45, 2.75) is 31.6 Å². The van der Waals surface area contributed by atoms with Gasteiger partial charge in [-0.05, 0) is 12.1 Å². The molecule has 0 spiro atoms. The summed E-state index contributed by atoms with van der Waals surface area (Å²) >= 11 is 1.44. The van der Waals surface area contributed by atoms with Gasteiger partial charge in [0.2, 0.25) is 11.8 Å². The summed E-state index contributed by atoms with van der Waals surface area (Å²) in [6, 6.07) is 4.46. The summed E-state index contributed by atoms with van der Waals surface area (Å²) in [5.74, 6) is -0.229. The summed E-state index contributed by atoms with van der Waals surface area (Å²) in [5, 5.41) is 0.639. The summed E-state index contributed by atoms with van der Waals surface area (Å²) in [5.41, 5.74) is 6.80.